The molecule has 0 aliphatic carbocycles. The molecule has 10 heteroatoms. The van der Waals surface area contributed by atoms with Gasteiger partial charge in [-0.05, 0) is 55.0 Å². The Morgan fingerprint density at radius 3 is 2.35 bits per heavy atom. The summed E-state index contributed by atoms with van der Waals surface area (Å²) in [5.74, 6) is -1.39. The second kappa shape index (κ2) is 8.94. The number of hydrogen-bond acceptors (Lipinski definition) is 3. The van der Waals surface area contributed by atoms with Gasteiger partial charge in [0.1, 0.15) is 5.82 Å². The first kappa shape index (κ1) is 24.1. The molecule has 2 N–H and O–H groups in total. The van der Waals surface area contributed by atoms with Gasteiger partial charge in [-0.25, -0.2) is 4.39 Å². The van der Waals surface area contributed by atoms with E-state index in [1.807, 2.05) is 0 Å². The van der Waals surface area contributed by atoms with E-state index in [0.29, 0.717) is 16.8 Å². The van der Waals surface area contributed by atoms with E-state index >= 15 is 0 Å². The maximum Gasteiger partial charge on any atom is 0.428 e. The van der Waals surface area contributed by atoms with Crippen molar-refractivity contribution in [2.24, 2.45) is 0 Å². The van der Waals surface area contributed by atoms with E-state index < -0.39 is 23.5 Å². The summed E-state index contributed by atoms with van der Waals surface area (Å²) < 4.78 is 56.6. The van der Waals surface area contributed by atoms with Gasteiger partial charge in [-0.15, -0.1) is 0 Å². The highest BCUT2D eigenvalue weighted by Gasteiger charge is 2.59. The molecule has 4 nitrogen and oxygen atoms in total. The minimum Gasteiger partial charge on any atom is -0.322 e. The average molecular weight is 511 g/mol. The average Bonchev–Trinajstić information content (AvgIpc) is 3.22. The molecule has 0 bridgehead atoms. The molecular weight excluding hydrogens is 495 g/mol. The Morgan fingerprint density at radius 1 is 1.03 bits per heavy atom. The van der Waals surface area contributed by atoms with Crippen LogP contribution in [0.2, 0.25) is 10.0 Å². The van der Waals surface area contributed by atoms with Gasteiger partial charge in [-0.1, -0.05) is 47.5 Å². The molecule has 4 rings (SSSR count). The Labute approximate surface area is 202 Å². The number of nitrogens with one attached hydrogen (secondary N) is 2. The summed E-state index contributed by atoms with van der Waals surface area (Å²) >= 11 is 11.9. The zero-order valence-corrected chi connectivity index (χ0v) is 18.9. The summed E-state index contributed by atoms with van der Waals surface area (Å²) in [5.41, 5.74) is 0.238. The number of alkyl halides is 3. The number of hydrogen-bond donors (Lipinski definition) is 2. The zero-order chi connectivity index (χ0) is 24.7. The van der Waals surface area contributed by atoms with E-state index in [0.717, 1.165) is 24.3 Å². The van der Waals surface area contributed by atoms with E-state index in [9.17, 15) is 22.4 Å². The van der Waals surface area contributed by atoms with Gasteiger partial charge in [0.15, 0.2) is 0 Å². The van der Waals surface area contributed by atoms with Crippen molar-refractivity contribution in [3.63, 3.8) is 0 Å². The van der Waals surface area contributed by atoms with Gasteiger partial charge >= 0.3 is 6.18 Å². The van der Waals surface area contributed by atoms with Gasteiger partial charge in [0.25, 0.3) is 5.91 Å². The lowest BCUT2D eigenvalue weighted by Crippen LogP contribution is -2.42. The molecule has 1 amide bonds. The minimum atomic E-state index is -4.86. The van der Waals surface area contributed by atoms with Crippen molar-refractivity contribution in [3.05, 3.63) is 105 Å². The van der Waals surface area contributed by atoms with Crippen LogP contribution in [0.15, 0.2) is 66.7 Å². The number of anilines is 1. The van der Waals surface area contributed by atoms with Crippen molar-refractivity contribution in [1.82, 2.24) is 5.48 Å². The topological polar surface area (TPSA) is 50.4 Å². The van der Waals surface area contributed by atoms with Crippen LogP contribution in [0.4, 0.5) is 23.2 Å². The lowest BCUT2D eigenvalue weighted by Gasteiger charge is -2.28. The first-order valence-electron chi connectivity index (χ1n) is 9.87. The molecule has 0 saturated heterocycles. The molecule has 3 aromatic rings. The second-order valence-corrected chi connectivity index (χ2v) is 8.49. The van der Waals surface area contributed by atoms with Gasteiger partial charge in [0.05, 0.1) is 11.3 Å². The normalized spacial score (nSPS) is 17.8. The Kier molecular flexibility index (Phi) is 6.33. The Morgan fingerprint density at radius 2 is 1.71 bits per heavy atom. The smallest absolute Gasteiger partial charge is 0.322 e. The van der Waals surface area contributed by atoms with Crippen LogP contribution in [0.1, 0.15) is 27.0 Å². The highest BCUT2D eigenvalue weighted by atomic mass is 35.5. The van der Waals surface area contributed by atoms with Crippen molar-refractivity contribution in [2.45, 2.75) is 18.7 Å². The van der Waals surface area contributed by atoms with Gasteiger partial charge in [-0.3, -0.25) is 15.1 Å². The first-order valence-corrected chi connectivity index (χ1v) is 10.6. The van der Waals surface area contributed by atoms with E-state index in [1.54, 1.807) is 19.1 Å². The molecule has 1 heterocycles. The summed E-state index contributed by atoms with van der Waals surface area (Å²) in [5, 5.41) is 2.63. The van der Waals surface area contributed by atoms with E-state index in [-0.39, 0.29) is 26.9 Å². The summed E-state index contributed by atoms with van der Waals surface area (Å²) in [6.07, 6.45) is -3.98. The van der Waals surface area contributed by atoms with E-state index in [4.69, 9.17) is 28.0 Å². The standard InChI is InChI=1S/C24H16Cl2F4N2O2/c1-13-6-7-14(8-20(13)31-22(33)18-4-2-3-5-19(18)27)21-12-23(34-32-21,24(28,29)30)15-9-16(25)11-17(26)10-15/h2-12,32H,1H3,(H,31,33). The van der Waals surface area contributed by atoms with Gasteiger partial charge < -0.3 is 5.32 Å². The van der Waals surface area contributed by atoms with Gasteiger partial charge in [-0.2, -0.15) is 13.2 Å². The van der Waals surface area contributed by atoms with Crippen molar-refractivity contribution in [3.8, 4) is 0 Å². The summed E-state index contributed by atoms with van der Waals surface area (Å²) in [7, 11) is 0. The zero-order valence-electron chi connectivity index (χ0n) is 17.4. The summed E-state index contributed by atoms with van der Waals surface area (Å²) in [4.78, 5) is 17.6. The van der Waals surface area contributed by atoms with E-state index in [2.05, 4.69) is 10.8 Å². The van der Waals surface area contributed by atoms with Crippen LogP contribution in [0.25, 0.3) is 5.70 Å². The fourth-order valence-electron chi connectivity index (χ4n) is 3.51. The monoisotopic (exact) mass is 510 g/mol. The fraction of sp³-hybridized carbons (Fsp3) is 0.125. The van der Waals surface area contributed by atoms with Crippen LogP contribution in [0.3, 0.4) is 0 Å². The molecule has 34 heavy (non-hydrogen) atoms. The number of aryl methyl sites for hydroxylation is 1. The highest BCUT2D eigenvalue weighted by Crippen LogP contribution is 2.48. The maximum absolute atomic E-state index is 14.2. The Hall–Kier alpha value is -3.07. The molecule has 1 aliphatic heterocycles. The minimum absolute atomic E-state index is 0.00909. The second-order valence-electron chi connectivity index (χ2n) is 7.62. The van der Waals surface area contributed by atoms with Crippen molar-refractivity contribution >= 4 is 40.5 Å². The highest BCUT2D eigenvalue weighted by molar-refractivity contribution is 6.34. The number of carbonyl (C=O) groups excluding carboxylic acids is 1. The van der Waals surface area contributed by atoms with Gasteiger partial charge in [0.2, 0.25) is 5.60 Å². The van der Waals surface area contributed by atoms with Crippen molar-refractivity contribution in [2.75, 3.05) is 5.32 Å². The molecule has 0 aromatic heterocycles. The van der Waals surface area contributed by atoms with Crippen LogP contribution in [0.5, 0.6) is 0 Å². The number of benzene rings is 3. The third-order valence-electron chi connectivity index (χ3n) is 5.30. The number of hydroxylamine groups is 1. The number of rotatable bonds is 4. The third kappa shape index (κ3) is 4.49. The Balaban J connectivity index is 1.72. The van der Waals surface area contributed by atoms with Crippen LogP contribution in [-0.4, -0.2) is 12.1 Å². The predicted molar refractivity (Wildman–Crippen MR) is 122 cm³/mol. The molecule has 0 fully saturated rings. The molecule has 0 spiro atoms. The maximum atomic E-state index is 14.2. The largest absolute Gasteiger partial charge is 0.428 e. The fourth-order valence-corrected chi connectivity index (χ4v) is 4.04. The quantitative estimate of drug-likeness (QED) is 0.370. The molecule has 1 aliphatic rings. The number of amides is 1. The van der Waals surface area contributed by atoms with Crippen LogP contribution < -0.4 is 10.8 Å². The molecule has 3 aromatic carbocycles. The lowest BCUT2D eigenvalue weighted by atomic mass is 9.91. The first-order chi connectivity index (χ1) is 16.0. The van der Waals surface area contributed by atoms with Crippen LogP contribution in [-0.2, 0) is 10.4 Å². The summed E-state index contributed by atoms with van der Waals surface area (Å²) in [6, 6.07) is 13.7. The third-order valence-corrected chi connectivity index (χ3v) is 5.73. The molecule has 1 unspecified atom stereocenters. The predicted octanol–water partition coefficient (Wildman–Crippen LogP) is 7.03. The van der Waals surface area contributed by atoms with E-state index in [1.165, 1.54) is 30.3 Å². The SMILES string of the molecule is Cc1ccc(C2=CC(c3cc(Cl)cc(Cl)c3)(C(F)(F)F)ON2)cc1NC(=O)c1ccccc1F. The van der Waals surface area contributed by atoms with Crippen molar-refractivity contribution < 1.29 is 27.2 Å². The van der Waals surface area contributed by atoms with Crippen LogP contribution >= 0.6 is 23.2 Å². The lowest BCUT2D eigenvalue weighted by molar-refractivity contribution is -0.269. The Bertz CT molecular complexity index is 1290. The molecule has 0 saturated carbocycles. The van der Waals surface area contributed by atoms with Crippen molar-refractivity contribution in [1.29, 1.82) is 0 Å². The molecule has 0 radical (unpaired) electrons. The van der Waals surface area contributed by atoms with Crippen LogP contribution in [0, 0.1) is 12.7 Å². The molecular formula is C24H16Cl2F4N2O2. The number of halogens is 6. The van der Waals surface area contributed by atoms with Gasteiger partial charge in [0, 0.05) is 26.9 Å². The number of carbonyl (C=O) groups is 1. The molecule has 1 atom stereocenters. The summed E-state index contributed by atoms with van der Waals surface area (Å²) in [6.45, 7) is 1.70. The molecule has 176 valence electrons.